The van der Waals surface area contributed by atoms with Crippen molar-refractivity contribution in [2.24, 2.45) is 5.92 Å². The van der Waals surface area contributed by atoms with Gasteiger partial charge in [0.25, 0.3) is 0 Å². The van der Waals surface area contributed by atoms with Crippen molar-refractivity contribution < 1.29 is 8.42 Å². The lowest BCUT2D eigenvalue weighted by Crippen LogP contribution is -2.48. The van der Waals surface area contributed by atoms with Crippen molar-refractivity contribution in [3.8, 4) is 0 Å². The molecule has 0 radical (unpaired) electrons. The Bertz CT molecular complexity index is 1310. The summed E-state index contributed by atoms with van der Waals surface area (Å²) in [6.07, 6.45) is 5.06. The summed E-state index contributed by atoms with van der Waals surface area (Å²) < 4.78 is 27.4. The molecule has 0 unspecified atom stereocenters. The van der Waals surface area contributed by atoms with Gasteiger partial charge in [-0.3, -0.25) is 0 Å². The molecular formula is C26H32N4O2S2. The van der Waals surface area contributed by atoms with E-state index in [1.807, 2.05) is 41.7 Å². The molecule has 6 nitrogen and oxygen atoms in total. The van der Waals surface area contributed by atoms with Crippen molar-refractivity contribution in [2.75, 3.05) is 31.1 Å². The van der Waals surface area contributed by atoms with Gasteiger partial charge in [-0.15, -0.1) is 11.3 Å². The smallest absolute Gasteiger partial charge is 0.236 e. The van der Waals surface area contributed by atoms with E-state index >= 15 is 0 Å². The molecule has 0 N–H and O–H groups in total. The van der Waals surface area contributed by atoms with E-state index in [1.54, 1.807) is 10.4 Å². The van der Waals surface area contributed by atoms with Crippen LogP contribution in [0.5, 0.6) is 0 Å². The lowest BCUT2D eigenvalue weighted by atomic mass is 9.89. The highest BCUT2D eigenvalue weighted by Gasteiger charge is 2.30. The maximum Gasteiger partial charge on any atom is 0.236 e. The number of rotatable bonds is 5. The molecule has 1 fully saturated rings. The molecule has 1 atom stereocenters. The van der Waals surface area contributed by atoms with Gasteiger partial charge in [0.1, 0.15) is 16.5 Å². The molecule has 34 heavy (non-hydrogen) atoms. The van der Waals surface area contributed by atoms with Crippen LogP contribution < -0.4 is 4.90 Å². The summed E-state index contributed by atoms with van der Waals surface area (Å²) >= 11 is 1.83. The topological polar surface area (TPSA) is 66.4 Å². The molecule has 5 rings (SSSR count). The van der Waals surface area contributed by atoms with Gasteiger partial charge in [0.15, 0.2) is 0 Å². The number of piperazine rings is 1. The first-order chi connectivity index (χ1) is 16.3. The van der Waals surface area contributed by atoms with Crippen LogP contribution in [-0.4, -0.2) is 48.9 Å². The van der Waals surface area contributed by atoms with E-state index in [0.717, 1.165) is 34.9 Å². The Morgan fingerprint density at radius 1 is 1.09 bits per heavy atom. The predicted molar refractivity (Wildman–Crippen MR) is 141 cm³/mol. The third-order valence-electron chi connectivity index (χ3n) is 6.80. The van der Waals surface area contributed by atoms with Crippen molar-refractivity contribution in [1.82, 2.24) is 14.3 Å². The van der Waals surface area contributed by atoms with Gasteiger partial charge in [-0.2, -0.15) is 4.31 Å². The second-order valence-corrected chi connectivity index (χ2v) is 12.6. The zero-order valence-electron chi connectivity index (χ0n) is 20.1. The molecule has 2 aromatic heterocycles. The molecule has 8 heteroatoms. The molecule has 1 aliphatic heterocycles. The number of sulfonamides is 1. The van der Waals surface area contributed by atoms with Crippen molar-refractivity contribution in [3.63, 3.8) is 0 Å². The van der Waals surface area contributed by atoms with Gasteiger partial charge >= 0.3 is 0 Å². The summed E-state index contributed by atoms with van der Waals surface area (Å²) in [7, 11) is -3.47. The van der Waals surface area contributed by atoms with Crippen LogP contribution in [0.15, 0.2) is 35.7 Å². The highest BCUT2D eigenvalue weighted by atomic mass is 32.2. The SMILES string of the molecule is CC(C)c1nc(N2CCN(S(=O)(=O)/C=C/c3ccccc3)CC2)c2c3c(sc2n1)C[C@H](C)CC3. The summed E-state index contributed by atoms with van der Waals surface area (Å²) in [4.78, 5) is 14.8. The molecular weight excluding hydrogens is 464 g/mol. The zero-order valence-corrected chi connectivity index (χ0v) is 21.7. The van der Waals surface area contributed by atoms with Gasteiger partial charge < -0.3 is 4.90 Å². The lowest BCUT2D eigenvalue weighted by Gasteiger charge is -2.35. The number of thiophene rings is 1. The van der Waals surface area contributed by atoms with Crippen LogP contribution in [0.25, 0.3) is 16.3 Å². The molecule has 0 amide bonds. The van der Waals surface area contributed by atoms with Crippen LogP contribution >= 0.6 is 11.3 Å². The number of hydrogen-bond donors (Lipinski definition) is 0. The lowest BCUT2D eigenvalue weighted by molar-refractivity contribution is 0.389. The van der Waals surface area contributed by atoms with Crippen LogP contribution in [0.1, 0.15) is 54.9 Å². The fraction of sp³-hybridized carbons (Fsp3) is 0.462. The molecule has 0 bridgehead atoms. The van der Waals surface area contributed by atoms with Gasteiger partial charge in [-0.05, 0) is 42.4 Å². The van der Waals surface area contributed by atoms with Crippen molar-refractivity contribution in [1.29, 1.82) is 0 Å². The second kappa shape index (κ2) is 9.40. The predicted octanol–water partition coefficient (Wildman–Crippen LogP) is 5.06. The van der Waals surface area contributed by atoms with Crippen LogP contribution in [0.2, 0.25) is 0 Å². The molecule has 0 saturated carbocycles. The minimum atomic E-state index is -3.47. The minimum absolute atomic E-state index is 0.242. The minimum Gasteiger partial charge on any atom is -0.353 e. The molecule has 3 aromatic rings. The molecule has 1 aromatic carbocycles. The number of aryl methyl sites for hydroxylation is 1. The third-order valence-corrected chi connectivity index (χ3v) is 9.51. The van der Waals surface area contributed by atoms with Gasteiger partial charge in [-0.1, -0.05) is 51.1 Å². The number of anilines is 1. The molecule has 0 spiro atoms. The van der Waals surface area contributed by atoms with Crippen LogP contribution in [0.3, 0.4) is 0 Å². The average molecular weight is 497 g/mol. The Kier molecular flexibility index (Phi) is 6.48. The third kappa shape index (κ3) is 4.63. The monoisotopic (exact) mass is 496 g/mol. The number of hydrogen-bond acceptors (Lipinski definition) is 6. The Balaban J connectivity index is 1.40. The fourth-order valence-electron chi connectivity index (χ4n) is 4.80. The van der Waals surface area contributed by atoms with Gasteiger partial charge in [0.2, 0.25) is 10.0 Å². The van der Waals surface area contributed by atoms with E-state index in [-0.39, 0.29) is 5.92 Å². The first kappa shape index (κ1) is 23.5. The Morgan fingerprint density at radius 2 is 1.82 bits per heavy atom. The van der Waals surface area contributed by atoms with Crippen molar-refractivity contribution >= 4 is 43.5 Å². The number of nitrogens with zero attached hydrogens (tertiary/aromatic N) is 4. The fourth-order valence-corrected chi connectivity index (χ4v) is 7.35. The first-order valence-corrected chi connectivity index (χ1v) is 14.4. The molecule has 1 aliphatic carbocycles. The largest absolute Gasteiger partial charge is 0.353 e. The van der Waals surface area contributed by atoms with Gasteiger partial charge in [0.05, 0.1) is 5.39 Å². The average Bonchev–Trinajstić information content (AvgIpc) is 3.20. The van der Waals surface area contributed by atoms with Gasteiger partial charge in [0, 0.05) is 42.4 Å². The Hall–Kier alpha value is -2.29. The zero-order chi connectivity index (χ0) is 23.9. The quantitative estimate of drug-likeness (QED) is 0.494. The molecule has 3 heterocycles. The van der Waals surface area contributed by atoms with E-state index < -0.39 is 10.0 Å². The van der Waals surface area contributed by atoms with Gasteiger partial charge in [-0.25, -0.2) is 18.4 Å². The summed E-state index contributed by atoms with van der Waals surface area (Å²) in [5.74, 6) is 2.82. The maximum absolute atomic E-state index is 12.9. The van der Waals surface area contributed by atoms with E-state index in [1.165, 1.54) is 27.7 Å². The summed E-state index contributed by atoms with van der Waals surface area (Å²) in [5, 5.41) is 2.53. The van der Waals surface area contributed by atoms with Crippen LogP contribution in [0.4, 0.5) is 5.82 Å². The van der Waals surface area contributed by atoms with E-state index in [4.69, 9.17) is 9.97 Å². The standard InChI is InChI=1S/C26H32N4O2S2/c1-18(2)24-27-25(23-21-10-9-19(3)17-22(21)33-26(23)28-24)29-12-14-30(15-13-29)34(31,32)16-11-20-7-5-4-6-8-20/h4-8,11,16,18-19H,9-10,12-15,17H2,1-3H3/b16-11+/t19-/m1/s1. The highest BCUT2D eigenvalue weighted by molar-refractivity contribution is 7.92. The maximum atomic E-state index is 12.9. The molecule has 1 saturated heterocycles. The second-order valence-electron chi connectivity index (χ2n) is 9.74. The molecule has 2 aliphatic rings. The summed E-state index contributed by atoms with van der Waals surface area (Å²) in [5.41, 5.74) is 2.30. The Labute approximate surface area is 206 Å². The van der Waals surface area contributed by atoms with Crippen molar-refractivity contribution in [3.05, 3.63) is 57.6 Å². The first-order valence-electron chi connectivity index (χ1n) is 12.1. The molecule has 180 valence electrons. The highest BCUT2D eigenvalue weighted by Crippen LogP contribution is 2.41. The Morgan fingerprint density at radius 3 is 2.53 bits per heavy atom. The number of benzene rings is 1. The normalized spacial score (nSPS) is 19.9. The van der Waals surface area contributed by atoms with Crippen LogP contribution in [-0.2, 0) is 22.9 Å². The summed E-state index contributed by atoms with van der Waals surface area (Å²) in [6.45, 7) is 8.74. The van der Waals surface area contributed by atoms with E-state index in [9.17, 15) is 8.42 Å². The van der Waals surface area contributed by atoms with Crippen molar-refractivity contribution in [2.45, 2.75) is 46.0 Å². The van der Waals surface area contributed by atoms with Crippen LogP contribution in [0, 0.1) is 5.92 Å². The van der Waals surface area contributed by atoms with E-state index in [0.29, 0.717) is 32.1 Å². The van der Waals surface area contributed by atoms with E-state index in [2.05, 4.69) is 25.7 Å². The number of aromatic nitrogens is 2. The summed E-state index contributed by atoms with van der Waals surface area (Å²) in [6, 6.07) is 9.54. The number of fused-ring (bicyclic) bond motifs is 3.